The Hall–Kier alpha value is -2.54. The number of rotatable bonds is 6. The van der Waals surface area contributed by atoms with Crippen molar-refractivity contribution in [2.45, 2.75) is 43.9 Å². The average Bonchev–Trinajstić information content (AvgIpc) is 3.17. The molecule has 1 N–H and O–H groups in total. The summed E-state index contributed by atoms with van der Waals surface area (Å²) in [5.41, 5.74) is 3.73. The summed E-state index contributed by atoms with van der Waals surface area (Å²) in [6.07, 6.45) is 8.96. The number of anilines is 1. The average molecular weight is 440 g/mol. The Morgan fingerprint density at radius 3 is 2.58 bits per heavy atom. The van der Waals surface area contributed by atoms with Crippen LogP contribution in [0.4, 0.5) is 5.69 Å². The number of aromatic amines is 1. The zero-order valence-corrected chi connectivity index (χ0v) is 19.0. The molecule has 7 heteroatoms. The van der Waals surface area contributed by atoms with Gasteiger partial charge in [-0.15, -0.1) is 0 Å². The van der Waals surface area contributed by atoms with Crippen LogP contribution in [0.1, 0.15) is 39.0 Å². The van der Waals surface area contributed by atoms with Crippen LogP contribution in [-0.4, -0.2) is 36.8 Å². The largest absolute Gasteiger partial charge is 0.370 e. The molecule has 31 heavy (non-hydrogen) atoms. The smallest absolute Gasteiger partial charge is 0.274 e. The maximum atomic E-state index is 13.0. The third-order valence-corrected chi connectivity index (χ3v) is 8.88. The predicted molar refractivity (Wildman–Crippen MR) is 124 cm³/mol. The van der Waals surface area contributed by atoms with Gasteiger partial charge in [0.15, 0.2) is 9.84 Å². The lowest BCUT2D eigenvalue weighted by Crippen LogP contribution is -2.60. The highest BCUT2D eigenvalue weighted by molar-refractivity contribution is 7.91. The second-order valence-electron chi connectivity index (χ2n) is 9.29. The minimum atomic E-state index is -3.35. The fourth-order valence-corrected chi connectivity index (χ4v) is 6.54. The van der Waals surface area contributed by atoms with E-state index in [1.807, 2.05) is 31.3 Å². The number of fused-ring (bicyclic) bond motifs is 1. The molecule has 1 spiro atoms. The number of benzene rings is 1. The molecule has 1 aliphatic carbocycles. The van der Waals surface area contributed by atoms with Crippen molar-refractivity contribution in [3.8, 4) is 11.1 Å². The molecule has 2 aliphatic rings. The van der Waals surface area contributed by atoms with Gasteiger partial charge < -0.3 is 14.5 Å². The number of nitrogens with zero attached hydrogens (tertiary/aromatic N) is 2. The van der Waals surface area contributed by atoms with Crippen molar-refractivity contribution in [1.82, 2.24) is 9.55 Å². The molecule has 1 saturated carbocycles. The van der Waals surface area contributed by atoms with Crippen LogP contribution >= 0.6 is 0 Å². The third-order valence-electron chi connectivity index (χ3n) is 7.09. The predicted octanol–water partition coefficient (Wildman–Crippen LogP) is 4.10. The van der Waals surface area contributed by atoms with Crippen LogP contribution in [0.25, 0.3) is 22.0 Å². The first kappa shape index (κ1) is 20.4. The molecule has 1 aliphatic heterocycles. The summed E-state index contributed by atoms with van der Waals surface area (Å²) in [5.74, 6) is 0.155. The molecule has 5 rings (SSSR count). The highest BCUT2D eigenvalue weighted by atomic mass is 32.2. The molecule has 3 heterocycles. The van der Waals surface area contributed by atoms with Crippen LogP contribution in [-0.2, 0) is 16.9 Å². The van der Waals surface area contributed by atoms with Gasteiger partial charge in [0.25, 0.3) is 5.56 Å². The monoisotopic (exact) mass is 439 g/mol. The number of sulfone groups is 1. The van der Waals surface area contributed by atoms with E-state index in [0.29, 0.717) is 22.2 Å². The number of hydrogen-bond acceptors (Lipinski definition) is 4. The van der Waals surface area contributed by atoms with Gasteiger partial charge in [0.05, 0.1) is 10.6 Å². The molecule has 0 atom stereocenters. The number of nitrogens with one attached hydrogen (secondary N) is 1. The summed E-state index contributed by atoms with van der Waals surface area (Å²) < 4.78 is 27.5. The van der Waals surface area contributed by atoms with E-state index in [1.54, 1.807) is 23.9 Å². The minimum absolute atomic E-state index is 0.0885. The number of hydrogen-bond donors (Lipinski definition) is 1. The normalized spacial score (nSPS) is 17.7. The highest BCUT2D eigenvalue weighted by Gasteiger charge is 2.47. The van der Waals surface area contributed by atoms with E-state index in [1.165, 1.54) is 19.3 Å². The first-order valence-corrected chi connectivity index (χ1v) is 12.8. The number of unbranched alkanes of at least 4 members (excludes halogenated alkanes) is 1. The van der Waals surface area contributed by atoms with Crippen molar-refractivity contribution >= 4 is 26.4 Å². The van der Waals surface area contributed by atoms with Crippen molar-refractivity contribution in [1.29, 1.82) is 0 Å². The molecular formula is C24H29N3O3S. The summed E-state index contributed by atoms with van der Waals surface area (Å²) in [7, 11) is -1.62. The van der Waals surface area contributed by atoms with Gasteiger partial charge in [-0.05, 0) is 43.5 Å². The van der Waals surface area contributed by atoms with Crippen LogP contribution in [0.15, 0.2) is 46.3 Å². The van der Waals surface area contributed by atoms with Crippen molar-refractivity contribution in [2.75, 3.05) is 23.7 Å². The molecule has 1 saturated heterocycles. The van der Waals surface area contributed by atoms with Gasteiger partial charge >= 0.3 is 0 Å². The van der Waals surface area contributed by atoms with E-state index in [-0.39, 0.29) is 11.3 Å². The van der Waals surface area contributed by atoms with E-state index in [4.69, 9.17) is 0 Å². The zero-order chi connectivity index (χ0) is 21.8. The van der Waals surface area contributed by atoms with Crippen LogP contribution in [0, 0.1) is 5.41 Å². The molecule has 6 nitrogen and oxygen atoms in total. The molecule has 0 unspecified atom stereocenters. The second-order valence-corrected chi connectivity index (χ2v) is 11.4. The van der Waals surface area contributed by atoms with Gasteiger partial charge in [0, 0.05) is 60.1 Å². The van der Waals surface area contributed by atoms with Gasteiger partial charge in [-0.1, -0.05) is 19.8 Å². The van der Waals surface area contributed by atoms with Crippen molar-refractivity contribution in [3.05, 3.63) is 47.0 Å². The number of H-pyrrole nitrogens is 1. The van der Waals surface area contributed by atoms with Crippen LogP contribution in [0.5, 0.6) is 0 Å². The standard InChI is InChI=1S/C24H29N3O3S/c1-3-4-12-31(29,30)17-6-7-21(27-15-24(16-27)9-5-10-24)19(13-17)20-14-26(2)23(28)22-18(20)8-11-25-22/h6-8,11,13-14,25H,3-5,9-10,12,15-16H2,1-2H3. The quantitative estimate of drug-likeness (QED) is 0.628. The minimum Gasteiger partial charge on any atom is -0.370 e. The number of aromatic nitrogens is 2. The van der Waals surface area contributed by atoms with E-state index in [9.17, 15) is 13.2 Å². The summed E-state index contributed by atoms with van der Waals surface area (Å²) in [4.78, 5) is 18.3. The lowest BCUT2D eigenvalue weighted by molar-refractivity contribution is 0.0905. The van der Waals surface area contributed by atoms with Crippen LogP contribution < -0.4 is 10.5 Å². The first-order valence-electron chi connectivity index (χ1n) is 11.1. The zero-order valence-electron chi connectivity index (χ0n) is 18.1. The van der Waals surface area contributed by atoms with Crippen molar-refractivity contribution in [3.63, 3.8) is 0 Å². The number of pyridine rings is 1. The Bertz CT molecular complexity index is 1310. The Balaban J connectivity index is 1.66. The van der Waals surface area contributed by atoms with Gasteiger partial charge in [-0.3, -0.25) is 4.79 Å². The molecule has 0 bridgehead atoms. The van der Waals surface area contributed by atoms with Crippen molar-refractivity contribution < 1.29 is 8.42 Å². The highest BCUT2D eigenvalue weighted by Crippen LogP contribution is 2.51. The summed E-state index contributed by atoms with van der Waals surface area (Å²) in [5, 5.41) is 0.825. The van der Waals surface area contributed by atoms with Gasteiger partial charge in [0.2, 0.25) is 0 Å². The Labute approximate surface area is 182 Å². The van der Waals surface area contributed by atoms with Gasteiger partial charge in [-0.25, -0.2) is 8.42 Å². The Morgan fingerprint density at radius 1 is 1.13 bits per heavy atom. The molecule has 2 aromatic heterocycles. The molecular weight excluding hydrogens is 410 g/mol. The summed E-state index contributed by atoms with van der Waals surface area (Å²) in [6, 6.07) is 7.44. The SMILES string of the molecule is CCCCS(=O)(=O)c1ccc(N2CC3(CCC3)C2)c(-c2cn(C)c(=O)c3[nH]ccc23)c1. The molecule has 0 radical (unpaired) electrons. The maximum absolute atomic E-state index is 13.0. The Kier molecular flexibility index (Phi) is 4.77. The van der Waals surface area contributed by atoms with Gasteiger partial charge in [-0.2, -0.15) is 0 Å². The molecule has 3 aromatic rings. The van der Waals surface area contributed by atoms with E-state index >= 15 is 0 Å². The molecule has 164 valence electrons. The van der Waals surface area contributed by atoms with Crippen molar-refractivity contribution in [2.24, 2.45) is 12.5 Å². The van der Waals surface area contributed by atoms with E-state index in [2.05, 4.69) is 9.88 Å². The fourth-order valence-electron chi connectivity index (χ4n) is 5.06. The molecule has 0 amide bonds. The maximum Gasteiger partial charge on any atom is 0.274 e. The fraction of sp³-hybridized carbons (Fsp3) is 0.458. The first-order chi connectivity index (χ1) is 14.8. The van der Waals surface area contributed by atoms with Gasteiger partial charge in [0.1, 0.15) is 5.52 Å². The Morgan fingerprint density at radius 2 is 1.90 bits per heavy atom. The third kappa shape index (κ3) is 3.30. The summed E-state index contributed by atoms with van der Waals surface area (Å²) >= 11 is 0. The van der Waals surface area contributed by atoms with E-state index < -0.39 is 9.84 Å². The molecule has 1 aromatic carbocycles. The number of aryl methyl sites for hydroxylation is 1. The second kappa shape index (κ2) is 7.26. The van der Waals surface area contributed by atoms with Crippen LogP contribution in [0.2, 0.25) is 0 Å². The lowest BCUT2D eigenvalue weighted by Gasteiger charge is -2.57. The van der Waals surface area contributed by atoms with Crippen LogP contribution in [0.3, 0.4) is 0 Å². The molecule has 2 fully saturated rings. The lowest BCUT2D eigenvalue weighted by atomic mass is 9.63. The summed E-state index contributed by atoms with van der Waals surface area (Å²) in [6.45, 7) is 4.03. The van der Waals surface area contributed by atoms with E-state index in [0.717, 1.165) is 41.7 Å². The topological polar surface area (TPSA) is 75.2 Å².